The normalized spacial score (nSPS) is 12.5. The van der Waals surface area contributed by atoms with Gasteiger partial charge in [0, 0.05) is 10.0 Å². The Kier molecular flexibility index (Phi) is 4.70. The minimum atomic E-state index is -3.87. The molecule has 0 aliphatic heterocycles. The van der Waals surface area contributed by atoms with Gasteiger partial charge in [-0.15, -0.1) is 10.8 Å². The van der Waals surface area contributed by atoms with Gasteiger partial charge in [0.1, 0.15) is 0 Å². The molecule has 0 bridgehead atoms. The molecule has 122 valence electrons. The Morgan fingerprint density at radius 1 is 1.12 bits per heavy atom. The summed E-state index contributed by atoms with van der Waals surface area (Å²) in [6.45, 7) is 0.205. The first-order chi connectivity index (χ1) is 11.4. The van der Waals surface area contributed by atoms with E-state index in [0.717, 1.165) is 10.2 Å². The summed E-state index contributed by atoms with van der Waals surface area (Å²) in [6, 6.07) is 11.1. The van der Waals surface area contributed by atoms with Crippen molar-refractivity contribution in [1.82, 2.24) is 4.57 Å². The second kappa shape index (κ2) is 6.61. The van der Waals surface area contributed by atoms with Crippen molar-refractivity contribution in [2.45, 2.75) is 11.4 Å². The lowest BCUT2D eigenvalue weighted by molar-refractivity contribution is 0.596. The highest BCUT2D eigenvalue weighted by Gasteiger charge is 2.14. The first-order valence-electron chi connectivity index (χ1n) is 6.69. The number of terminal acetylenes is 1. The molecule has 0 fully saturated rings. The van der Waals surface area contributed by atoms with Gasteiger partial charge in [0.25, 0.3) is 10.0 Å². The van der Waals surface area contributed by atoms with Crippen LogP contribution in [0.3, 0.4) is 0 Å². The van der Waals surface area contributed by atoms with Gasteiger partial charge in [-0.2, -0.15) is 8.42 Å². The van der Waals surface area contributed by atoms with Crippen molar-refractivity contribution in [3.8, 4) is 12.3 Å². The minimum Gasteiger partial charge on any atom is -0.304 e. The minimum absolute atomic E-state index is 0.0645. The maximum atomic E-state index is 12.5. The monoisotopic (exact) mass is 396 g/mol. The average Bonchev–Trinajstić information content (AvgIpc) is 2.84. The molecule has 0 unspecified atom stereocenters. The van der Waals surface area contributed by atoms with Gasteiger partial charge in [0.2, 0.25) is 4.80 Å². The number of hydrogen-bond acceptors (Lipinski definition) is 3. The van der Waals surface area contributed by atoms with E-state index in [4.69, 9.17) is 29.6 Å². The quantitative estimate of drug-likeness (QED) is 0.629. The van der Waals surface area contributed by atoms with E-state index < -0.39 is 10.0 Å². The Morgan fingerprint density at radius 2 is 1.79 bits per heavy atom. The third kappa shape index (κ3) is 3.35. The molecule has 0 aliphatic carbocycles. The van der Waals surface area contributed by atoms with Gasteiger partial charge in [0.15, 0.2) is 0 Å². The van der Waals surface area contributed by atoms with Crippen molar-refractivity contribution in [1.29, 1.82) is 0 Å². The maximum absolute atomic E-state index is 12.5. The van der Waals surface area contributed by atoms with Crippen molar-refractivity contribution < 1.29 is 8.42 Å². The van der Waals surface area contributed by atoms with Crippen LogP contribution in [0.2, 0.25) is 10.0 Å². The Labute approximate surface area is 153 Å². The van der Waals surface area contributed by atoms with Crippen molar-refractivity contribution in [2.75, 3.05) is 0 Å². The van der Waals surface area contributed by atoms with Gasteiger partial charge in [-0.1, -0.05) is 40.5 Å². The Morgan fingerprint density at radius 3 is 2.46 bits per heavy atom. The molecule has 4 nitrogen and oxygen atoms in total. The molecule has 2 aromatic carbocycles. The fourth-order valence-electron chi connectivity index (χ4n) is 2.12. The van der Waals surface area contributed by atoms with E-state index in [1.54, 1.807) is 22.8 Å². The van der Waals surface area contributed by atoms with Crippen LogP contribution in [0.1, 0.15) is 0 Å². The lowest BCUT2D eigenvalue weighted by atomic mass is 10.3. The summed E-state index contributed by atoms with van der Waals surface area (Å²) in [5, 5.41) is 1.01. The Hall–Kier alpha value is -1.78. The van der Waals surface area contributed by atoms with Crippen LogP contribution in [-0.4, -0.2) is 13.0 Å². The summed E-state index contributed by atoms with van der Waals surface area (Å²) < 4.78 is 31.5. The summed E-state index contributed by atoms with van der Waals surface area (Å²) in [5.41, 5.74) is 0.785. The first kappa shape index (κ1) is 17.1. The van der Waals surface area contributed by atoms with Crippen molar-refractivity contribution in [3.63, 3.8) is 0 Å². The van der Waals surface area contributed by atoms with Gasteiger partial charge in [-0.05, 0) is 42.5 Å². The number of halogens is 2. The van der Waals surface area contributed by atoms with E-state index in [1.165, 1.54) is 35.6 Å². The van der Waals surface area contributed by atoms with Crippen LogP contribution in [-0.2, 0) is 16.6 Å². The smallest absolute Gasteiger partial charge is 0.285 e. The van der Waals surface area contributed by atoms with Crippen LogP contribution in [0, 0.1) is 12.3 Å². The van der Waals surface area contributed by atoms with Gasteiger partial charge in [-0.3, -0.25) is 0 Å². The number of sulfonamides is 1. The van der Waals surface area contributed by atoms with Gasteiger partial charge in [0.05, 0.1) is 21.7 Å². The van der Waals surface area contributed by atoms with Crippen LogP contribution in [0.4, 0.5) is 0 Å². The second-order valence-corrected chi connectivity index (χ2v) is 8.29. The molecular weight excluding hydrogens is 387 g/mol. The Balaban J connectivity index is 2.24. The summed E-state index contributed by atoms with van der Waals surface area (Å²) in [5.74, 6) is 2.51. The van der Waals surface area contributed by atoms with Crippen molar-refractivity contribution >= 4 is 54.8 Å². The van der Waals surface area contributed by atoms with Crippen LogP contribution < -0.4 is 4.80 Å². The topological polar surface area (TPSA) is 51.4 Å². The summed E-state index contributed by atoms with van der Waals surface area (Å²) in [6.07, 6.45) is 5.40. The summed E-state index contributed by atoms with van der Waals surface area (Å²) >= 11 is 13.0. The van der Waals surface area contributed by atoms with Crippen molar-refractivity contribution in [3.05, 3.63) is 57.3 Å². The zero-order valence-electron chi connectivity index (χ0n) is 12.1. The summed E-state index contributed by atoms with van der Waals surface area (Å²) in [7, 11) is -3.87. The molecule has 8 heteroatoms. The molecule has 0 amide bonds. The molecule has 0 saturated heterocycles. The Bertz CT molecular complexity index is 1120. The van der Waals surface area contributed by atoms with Crippen LogP contribution in [0.25, 0.3) is 10.2 Å². The predicted molar refractivity (Wildman–Crippen MR) is 97.9 cm³/mol. The van der Waals surface area contributed by atoms with Crippen molar-refractivity contribution in [2.24, 2.45) is 4.40 Å². The molecule has 0 N–H and O–H groups in total. The third-order valence-electron chi connectivity index (χ3n) is 3.20. The number of nitrogens with zero attached hydrogens (tertiary/aromatic N) is 2. The predicted octanol–water partition coefficient (Wildman–Crippen LogP) is 3.93. The fraction of sp³-hybridized carbons (Fsp3) is 0.0625. The highest BCUT2D eigenvalue weighted by atomic mass is 35.5. The molecule has 0 spiro atoms. The van der Waals surface area contributed by atoms with E-state index in [9.17, 15) is 8.42 Å². The molecule has 0 aliphatic rings. The van der Waals surface area contributed by atoms with E-state index in [1.807, 2.05) is 0 Å². The molecule has 0 saturated carbocycles. The molecule has 0 radical (unpaired) electrons. The maximum Gasteiger partial charge on any atom is 0.285 e. The molecule has 3 rings (SSSR count). The zero-order valence-corrected chi connectivity index (χ0v) is 15.3. The van der Waals surface area contributed by atoms with E-state index in [-0.39, 0.29) is 11.4 Å². The highest BCUT2D eigenvalue weighted by Crippen LogP contribution is 2.22. The molecule has 3 aromatic rings. The van der Waals surface area contributed by atoms with Crippen LogP contribution in [0.5, 0.6) is 0 Å². The SMILES string of the molecule is C#CCn1/c(=N/S(=O)(=O)c2ccc(Cl)cc2)sc2cc(Cl)ccc21. The largest absolute Gasteiger partial charge is 0.304 e. The van der Waals surface area contributed by atoms with E-state index in [0.29, 0.717) is 14.8 Å². The number of hydrogen-bond donors (Lipinski definition) is 0. The van der Waals surface area contributed by atoms with Gasteiger partial charge in [-0.25, -0.2) is 0 Å². The molecule has 24 heavy (non-hydrogen) atoms. The lowest BCUT2D eigenvalue weighted by Gasteiger charge is -2.01. The second-order valence-electron chi connectivity index (χ2n) is 4.81. The summed E-state index contributed by atoms with van der Waals surface area (Å²) in [4.78, 5) is 0.356. The third-order valence-corrected chi connectivity index (χ3v) is 6.13. The molecular formula is C16H10Cl2N2O2S2. The number of benzene rings is 2. The van der Waals surface area contributed by atoms with Gasteiger partial charge < -0.3 is 4.57 Å². The van der Waals surface area contributed by atoms with Crippen LogP contribution in [0.15, 0.2) is 51.8 Å². The lowest BCUT2D eigenvalue weighted by Crippen LogP contribution is -2.16. The average molecular weight is 397 g/mol. The fourth-order valence-corrected chi connectivity index (χ4v) is 4.76. The van der Waals surface area contributed by atoms with Gasteiger partial charge >= 0.3 is 0 Å². The first-order valence-corrected chi connectivity index (χ1v) is 9.71. The molecule has 1 aromatic heterocycles. The van der Waals surface area contributed by atoms with E-state index >= 15 is 0 Å². The molecule has 0 atom stereocenters. The zero-order chi connectivity index (χ0) is 17.3. The number of fused-ring (bicyclic) bond motifs is 1. The number of aromatic nitrogens is 1. The highest BCUT2D eigenvalue weighted by molar-refractivity contribution is 7.90. The van der Waals surface area contributed by atoms with Crippen LogP contribution >= 0.6 is 34.5 Å². The standard InChI is InChI=1S/C16H10Cl2N2O2S2/c1-2-9-20-14-8-5-12(18)10-15(14)23-16(20)19-24(21,22)13-6-3-11(17)4-7-13/h1,3-8,10H,9H2/b19-16-. The van der Waals surface area contributed by atoms with E-state index in [2.05, 4.69) is 10.3 Å². The molecule has 1 heterocycles. The number of thiazole rings is 1. The number of rotatable bonds is 3.